The fraction of sp³-hybridized carbons (Fsp3) is 0.0870. The van der Waals surface area contributed by atoms with Crippen molar-refractivity contribution in [2.24, 2.45) is 0 Å². The van der Waals surface area contributed by atoms with E-state index in [9.17, 15) is 0 Å². The van der Waals surface area contributed by atoms with Crippen LogP contribution >= 0.6 is 0 Å². The first-order chi connectivity index (χ1) is 23.8. The van der Waals surface area contributed by atoms with E-state index in [0.29, 0.717) is 0 Å². The number of rotatable bonds is 6. The third-order valence-electron chi connectivity index (χ3n) is 10.0. The maximum atomic E-state index is 2.47. The van der Waals surface area contributed by atoms with Gasteiger partial charge in [-0.05, 0) is 94.1 Å². The van der Waals surface area contributed by atoms with Crippen LogP contribution in [0.1, 0.15) is 24.6 Å². The van der Waals surface area contributed by atoms with Crippen LogP contribution in [0.15, 0.2) is 158 Å². The zero-order valence-corrected chi connectivity index (χ0v) is 27.1. The minimum Gasteiger partial charge on any atom is -0.341 e. The minimum absolute atomic E-state index is 0.967. The molecule has 2 heteroatoms. The molecular weight excluding hydrogens is 581 g/mol. The second-order valence-electron chi connectivity index (χ2n) is 12.7. The van der Waals surface area contributed by atoms with E-state index in [2.05, 4.69) is 180 Å². The predicted molar refractivity (Wildman–Crippen MR) is 204 cm³/mol. The SMILES string of the molecule is CCn1c2c(c3cc(-n4cc5c(-c6ccccc6)c(-c6ccccc6)c(-c6ccccc6)c(-c6ccccc6)c5c4)ccc31)CCC=C2. The number of nitrogens with zero attached hydrogens (tertiary/aromatic N) is 2. The summed E-state index contributed by atoms with van der Waals surface area (Å²) in [5.41, 5.74) is 15.2. The van der Waals surface area contributed by atoms with Gasteiger partial charge in [0.15, 0.2) is 0 Å². The highest BCUT2D eigenvalue weighted by molar-refractivity contribution is 6.18. The Bertz CT molecular complexity index is 2330. The average Bonchev–Trinajstić information content (AvgIpc) is 3.74. The smallest absolute Gasteiger partial charge is 0.0489 e. The van der Waals surface area contributed by atoms with Crippen LogP contribution in [0.5, 0.6) is 0 Å². The van der Waals surface area contributed by atoms with Crippen molar-refractivity contribution in [3.63, 3.8) is 0 Å². The molecule has 0 aliphatic heterocycles. The third kappa shape index (κ3) is 4.56. The van der Waals surface area contributed by atoms with Crippen molar-refractivity contribution in [2.45, 2.75) is 26.3 Å². The van der Waals surface area contributed by atoms with Gasteiger partial charge in [0.05, 0.1) is 0 Å². The standard InChI is InChI=1S/C46H36N2/c1-2-48-41-26-16-15-25-37(41)38-29-36(27-28-42(38)48)47-30-39-40(31-47)44(33-19-9-4-10-20-33)46(35-23-13-6-14-24-35)45(34-21-11-5-12-22-34)43(39)32-17-7-3-8-18-32/h3-14,16-24,26-31H,2,15,25H2,1H3. The van der Waals surface area contributed by atoms with Gasteiger partial charge in [-0.15, -0.1) is 0 Å². The molecule has 0 bridgehead atoms. The molecule has 0 N–H and O–H groups in total. The van der Waals surface area contributed by atoms with Crippen molar-refractivity contribution >= 4 is 27.8 Å². The molecule has 0 fully saturated rings. The highest BCUT2D eigenvalue weighted by atomic mass is 15.0. The summed E-state index contributed by atoms with van der Waals surface area (Å²) in [7, 11) is 0. The van der Waals surface area contributed by atoms with Gasteiger partial charge in [-0.1, -0.05) is 127 Å². The van der Waals surface area contributed by atoms with Crippen LogP contribution in [0.25, 0.3) is 77.9 Å². The average molecular weight is 617 g/mol. The van der Waals surface area contributed by atoms with Crippen molar-refractivity contribution in [2.75, 3.05) is 0 Å². The number of allylic oxidation sites excluding steroid dienone is 1. The van der Waals surface area contributed by atoms with E-state index in [1.54, 1.807) is 0 Å². The third-order valence-corrected chi connectivity index (χ3v) is 10.0. The van der Waals surface area contributed by atoms with Gasteiger partial charge >= 0.3 is 0 Å². The maximum Gasteiger partial charge on any atom is 0.0489 e. The van der Waals surface area contributed by atoms with Crippen LogP contribution in [0.4, 0.5) is 0 Å². The number of hydrogen-bond donors (Lipinski definition) is 0. The van der Waals surface area contributed by atoms with Crippen LogP contribution in [-0.4, -0.2) is 9.13 Å². The van der Waals surface area contributed by atoms with Gasteiger partial charge in [-0.25, -0.2) is 0 Å². The molecule has 2 heterocycles. The molecule has 0 saturated heterocycles. The Hall–Kier alpha value is -5.86. The minimum atomic E-state index is 0.967. The molecule has 48 heavy (non-hydrogen) atoms. The lowest BCUT2D eigenvalue weighted by Gasteiger charge is -2.22. The van der Waals surface area contributed by atoms with Crippen LogP contribution in [0.2, 0.25) is 0 Å². The van der Waals surface area contributed by atoms with E-state index >= 15 is 0 Å². The van der Waals surface area contributed by atoms with Crippen molar-refractivity contribution in [1.82, 2.24) is 9.13 Å². The molecule has 1 aliphatic carbocycles. The molecule has 1 aliphatic rings. The topological polar surface area (TPSA) is 9.86 Å². The molecule has 9 rings (SSSR count). The number of aromatic nitrogens is 2. The molecule has 0 spiro atoms. The Balaban J connectivity index is 1.43. The van der Waals surface area contributed by atoms with E-state index in [1.807, 2.05) is 0 Å². The van der Waals surface area contributed by atoms with Crippen LogP contribution in [0.3, 0.4) is 0 Å². The van der Waals surface area contributed by atoms with Crippen LogP contribution < -0.4 is 0 Å². The monoisotopic (exact) mass is 616 g/mol. The van der Waals surface area contributed by atoms with Gasteiger partial charge in [-0.3, -0.25) is 0 Å². The van der Waals surface area contributed by atoms with E-state index in [4.69, 9.17) is 0 Å². The summed E-state index contributed by atoms with van der Waals surface area (Å²) in [6, 6.07) is 50.8. The summed E-state index contributed by atoms with van der Waals surface area (Å²) in [5, 5.41) is 3.86. The summed E-state index contributed by atoms with van der Waals surface area (Å²) in [5.74, 6) is 0. The zero-order valence-electron chi connectivity index (χ0n) is 27.1. The van der Waals surface area contributed by atoms with E-state index in [0.717, 1.165) is 19.4 Å². The molecule has 2 nitrogen and oxygen atoms in total. The Morgan fingerprint density at radius 1 is 0.521 bits per heavy atom. The predicted octanol–water partition coefficient (Wildman–Crippen LogP) is 12.2. The molecule has 0 amide bonds. The summed E-state index contributed by atoms with van der Waals surface area (Å²) < 4.78 is 4.83. The second kappa shape index (κ2) is 11.7. The van der Waals surface area contributed by atoms with Crippen molar-refractivity contribution in [3.05, 3.63) is 169 Å². The first-order valence-electron chi connectivity index (χ1n) is 17.1. The summed E-state index contributed by atoms with van der Waals surface area (Å²) in [6.07, 6.45) is 11.6. The highest BCUT2D eigenvalue weighted by Gasteiger charge is 2.25. The molecule has 0 unspecified atom stereocenters. The van der Waals surface area contributed by atoms with Crippen molar-refractivity contribution in [1.29, 1.82) is 0 Å². The lowest BCUT2D eigenvalue weighted by Crippen LogP contribution is -1.99. The number of fused-ring (bicyclic) bond motifs is 4. The number of hydrogen-bond acceptors (Lipinski definition) is 0. The van der Waals surface area contributed by atoms with Gasteiger partial charge in [0.1, 0.15) is 0 Å². The van der Waals surface area contributed by atoms with Gasteiger partial charge in [0.25, 0.3) is 0 Å². The fourth-order valence-electron chi connectivity index (χ4n) is 7.93. The Morgan fingerprint density at radius 2 is 1.00 bits per heavy atom. The number of benzene rings is 6. The van der Waals surface area contributed by atoms with Crippen LogP contribution in [-0.2, 0) is 13.0 Å². The Morgan fingerprint density at radius 3 is 1.48 bits per heavy atom. The molecule has 0 atom stereocenters. The quantitative estimate of drug-likeness (QED) is 0.176. The molecule has 0 saturated carbocycles. The lowest BCUT2D eigenvalue weighted by atomic mass is 9.80. The molecule has 230 valence electrons. The zero-order chi connectivity index (χ0) is 32.0. The normalized spacial score (nSPS) is 12.5. The van der Waals surface area contributed by atoms with Gasteiger partial charge < -0.3 is 9.13 Å². The summed E-state index contributed by atoms with van der Waals surface area (Å²) in [6.45, 7) is 3.22. The highest BCUT2D eigenvalue weighted by Crippen LogP contribution is 2.51. The fourth-order valence-corrected chi connectivity index (χ4v) is 7.93. The maximum absolute atomic E-state index is 2.47. The number of aryl methyl sites for hydroxylation is 2. The first-order valence-corrected chi connectivity index (χ1v) is 17.1. The molecule has 0 radical (unpaired) electrons. The van der Waals surface area contributed by atoms with Crippen molar-refractivity contribution in [3.8, 4) is 50.2 Å². The first kappa shape index (κ1) is 28.4. The molecule has 2 aromatic heterocycles. The van der Waals surface area contributed by atoms with Crippen molar-refractivity contribution < 1.29 is 0 Å². The Kier molecular flexibility index (Phi) is 6.94. The summed E-state index contributed by atoms with van der Waals surface area (Å²) >= 11 is 0. The van der Waals surface area contributed by atoms with Crippen LogP contribution in [0, 0.1) is 0 Å². The van der Waals surface area contributed by atoms with Gasteiger partial charge in [-0.2, -0.15) is 0 Å². The van der Waals surface area contributed by atoms with Gasteiger partial charge in [0.2, 0.25) is 0 Å². The molecule has 8 aromatic rings. The van der Waals surface area contributed by atoms with E-state index in [-0.39, 0.29) is 0 Å². The second-order valence-corrected chi connectivity index (χ2v) is 12.7. The Labute approximate surface area is 281 Å². The van der Waals surface area contributed by atoms with E-state index < -0.39 is 0 Å². The largest absolute Gasteiger partial charge is 0.341 e. The molecule has 6 aromatic carbocycles. The lowest BCUT2D eigenvalue weighted by molar-refractivity contribution is 0.778. The van der Waals surface area contributed by atoms with Gasteiger partial charge in [0, 0.05) is 52.0 Å². The summed E-state index contributed by atoms with van der Waals surface area (Å²) in [4.78, 5) is 0. The molecular formula is C46H36N2. The van der Waals surface area contributed by atoms with E-state index in [1.165, 1.54) is 83.1 Å².